The molecule has 1 aliphatic heterocycles. The van der Waals surface area contributed by atoms with Crippen molar-refractivity contribution < 1.29 is 9.53 Å². The van der Waals surface area contributed by atoms with Crippen molar-refractivity contribution in [2.24, 2.45) is 0 Å². The highest BCUT2D eigenvalue weighted by molar-refractivity contribution is 5.74. The standard InChI is InChI=1S/C19H29N3O2/c23-19(21-17-9-5-2-6-10-17)20-13-18-15-22(11-12-24-18)14-16-7-3-1-4-8-16/h1,3-4,7-8,17-18H,2,5-6,9-15H2,(H2,20,21,23). The van der Waals surface area contributed by atoms with Crippen LogP contribution in [0.3, 0.4) is 0 Å². The van der Waals surface area contributed by atoms with Gasteiger partial charge >= 0.3 is 6.03 Å². The van der Waals surface area contributed by atoms with Gasteiger partial charge in [0.05, 0.1) is 12.7 Å². The van der Waals surface area contributed by atoms with Crippen LogP contribution in [0.4, 0.5) is 4.79 Å². The Hall–Kier alpha value is -1.59. The lowest BCUT2D eigenvalue weighted by Gasteiger charge is -2.33. The fraction of sp³-hybridized carbons (Fsp3) is 0.632. The zero-order chi connectivity index (χ0) is 16.6. The van der Waals surface area contributed by atoms with Gasteiger partial charge in [-0.2, -0.15) is 0 Å². The number of carbonyl (C=O) groups excluding carboxylic acids is 1. The first-order chi connectivity index (χ1) is 11.8. The molecule has 1 aliphatic carbocycles. The van der Waals surface area contributed by atoms with E-state index in [2.05, 4.69) is 39.8 Å². The smallest absolute Gasteiger partial charge is 0.315 e. The van der Waals surface area contributed by atoms with Crippen LogP contribution in [0.2, 0.25) is 0 Å². The molecular weight excluding hydrogens is 302 g/mol. The molecule has 1 atom stereocenters. The first-order valence-electron chi connectivity index (χ1n) is 9.22. The molecule has 1 saturated heterocycles. The van der Waals surface area contributed by atoms with Gasteiger partial charge < -0.3 is 15.4 Å². The molecule has 132 valence electrons. The summed E-state index contributed by atoms with van der Waals surface area (Å²) in [5.74, 6) is 0. The third-order valence-electron chi connectivity index (χ3n) is 4.90. The van der Waals surface area contributed by atoms with Crippen molar-refractivity contribution in [2.45, 2.75) is 50.8 Å². The summed E-state index contributed by atoms with van der Waals surface area (Å²) in [6, 6.07) is 10.8. The van der Waals surface area contributed by atoms with Gasteiger partial charge in [-0.05, 0) is 18.4 Å². The lowest BCUT2D eigenvalue weighted by molar-refractivity contribution is -0.0287. The minimum Gasteiger partial charge on any atom is -0.374 e. The maximum atomic E-state index is 12.0. The van der Waals surface area contributed by atoms with Crippen molar-refractivity contribution in [3.05, 3.63) is 35.9 Å². The predicted octanol–water partition coefficient (Wildman–Crippen LogP) is 2.52. The van der Waals surface area contributed by atoms with E-state index in [1.807, 2.05) is 6.07 Å². The number of ether oxygens (including phenoxy) is 1. The number of nitrogens with one attached hydrogen (secondary N) is 2. The summed E-state index contributed by atoms with van der Waals surface area (Å²) in [5, 5.41) is 6.07. The van der Waals surface area contributed by atoms with Crippen LogP contribution in [-0.4, -0.2) is 49.3 Å². The van der Waals surface area contributed by atoms with Gasteiger partial charge in [0.2, 0.25) is 0 Å². The van der Waals surface area contributed by atoms with Crippen LogP contribution >= 0.6 is 0 Å². The van der Waals surface area contributed by atoms with E-state index < -0.39 is 0 Å². The van der Waals surface area contributed by atoms with Gasteiger partial charge in [0.25, 0.3) is 0 Å². The number of carbonyl (C=O) groups is 1. The average molecular weight is 331 g/mol. The Balaban J connectivity index is 1.38. The number of hydrogen-bond acceptors (Lipinski definition) is 3. The summed E-state index contributed by atoms with van der Waals surface area (Å²) in [7, 11) is 0. The molecule has 24 heavy (non-hydrogen) atoms. The van der Waals surface area contributed by atoms with Crippen molar-refractivity contribution in [2.75, 3.05) is 26.2 Å². The number of benzene rings is 1. The van der Waals surface area contributed by atoms with Gasteiger partial charge in [-0.15, -0.1) is 0 Å². The quantitative estimate of drug-likeness (QED) is 0.872. The van der Waals surface area contributed by atoms with Gasteiger partial charge in [-0.25, -0.2) is 4.79 Å². The molecule has 0 radical (unpaired) electrons. The second-order valence-corrected chi connectivity index (χ2v) is 6.90. The highest BCUT2D eigenvalue weighted by Crippen LogP contribution is 2.17. The lowest BCUT2D eigenvalue weighted by atomic mass is 9.96. The first kappa shape index (κ1) is 17.2. The van der Waals surface area contributed by atoms with E-state index in [4.69, 9.17) is 4.74 Å². The topological polar surface area (TPSA) is 53.6 Å². The monoisotopic (exact) mass is 331 g/mol. The summed E-state index contributed by atoms with van der Waals surface area (Å²) >= 11 is 0. The summed E-state index contributed by atoms with van der Waals surface area (Å²) < 4.78 is 5.80. The molecular formula is C19H29N3O2. The zero-order valence-corrected chi connectivity index (χ0v) is 14.4. The normalized spacial score (nSPS) is 22.9. The van der Waals surface area contributed by atoms with E-state index >= 15 is 0 Å². The van der Waals surface area contributed by atoms with Gasteiger partial charge in [-0.3, -0.25) is 4.90 Å². The predicted molar refractivity (Wildman–Crippen MR) is 94.9 cm³/mol. The van der Waals surface area contributed by atoms with Crippen LogP contribution in [0.5, 0.6) is 0 Å². The van der Waals surface area contributed by atoms with E-state index in [1.54, 1.807) is 0 Å². The number of urea groups is 1. The maximum absolute atomic E-state index is 12.0. The molecule has 0 spiro atoms. The van der Waals surface area contributed by atoms with E-state index in [0.29, 0.717) is 12.6 Å². The van der Waals surface area contributed by atoms with Crippen LogP contribution in [0.25, 0.3) is 0 Å². The molecule has 2 fully saturated rings. The Morgan fingerprint density at radius 1 is 1.17 bits per heavy atom. The number of amides is 2. The van der Waals surface area contributed by atoms with Gasteiger partial charge in [0.1, 0.15) is 0 Å². The van der Waals surface area contributed by atoms with Crippen LogP contribution in [0, 0.1) is 0 Å². The van der Waals surface area contributed by atoms with Gasteiger partial charge in [0, 0.05) is 32.2 Å². The number of hydrogen-bond donors (Lipinski definition) is 2. The van der Waals surface area contributed by atoms with E-state index in [0.717, 1.165) is 39.1 Å². The van der Waals surface area contributed by atoms with E-state index in [9.17, 15) is 4.79 Å². The van der Waals surface area contributed by atoms with Gasteiger partial charge in [0.15, 0.2) is 0 Å². The lowest BCUT2D eigenvalue weighted by Crippen LogP contribution is -2.50. The number of morpholine rings is 1. The van der Waals surface area contributed by atoms with E-state index in [-0.39, 0.29) is 12.1 Å². The molecule has 1 aromatic rings. The molecule has 0 aromatic heterocycles. The molecule has 5 nitrogen and oxygen atoms in total. The second-order valence-electron chi connectivity index (χ2n) is 6.90. The van der Waals surface area contributed by atoms with Crippen LogP contribution in [0.15, 0.2) is 30.3 Å². The van der Waals surface area contributed by atoms with Gasteiger partial charge in [-0.1, -0.05) is 49.6 Å². The molecule has 1 heterocycles. The van der Waals surface area contributed by atoms with Crippen LogP contribution in [-0.2, 0) is 11.3 Å². The Labute approximate surface area is 144 Å². The molecule has 0 bridgehead atoms. The third kappa shape index (κ3) is 5.49. The fourth-order valence-electron chi connectivity index (χ4n) is 3.58. The largest absolute Gasteiger partial charge is 0.374 e. The molecule has 3 rings (SSSR count). The molecule has 1 saturated carbocycles. The Morgan fingerprint density at radius 2 is 1.96 bits per heavy atom. The van der Waals surface area contributed by atoms with Crippen LogP contribution < -0.4 is 10.6 Å². The second kappa shape index (κ2) is 9.04. The Kier molecular flexibility index (Phi) is 6.49. The molecule has 1 unspecified atom stereocenters. The molecule has 2 N–H and O–H groups in total. The van der Waals surface area contributed by atoms with Crippen LogP contribution in [0.1, 0.15) is 37.7 Å². The molecule has 1 aromatic carbocycles. The minimum absolute atomic E-state index is 0.0503. The molecule has 2 aliphatic rings. The van der Waals surface area contributed by atoms with E-state index in [1.165, 1.54) is 24.8 Å². The zero-order valence-electron chi connectivity index (χ0n) is 14.4. The van der Waals surface area contributed by atoms with Crippen molar-refractivity contribution in [3.8, 4) is 0 Å². The third-order valence-corrected chi connectivity index (χ3v) is 4.90. The highest BCUT2D eigenvalue weighted by atomic mass is 16.5. The summed E-state index contributed by atoms with van der Waals surface area (Å²) in [5.41, 5.74) is 1.32. The Bertz CT molecular complexity index is 503. The highest BCUT2D eigenvalue weighted by Gasteiger charge is 2.22. The van der Waals surface area contributed by atoms with Crippen molar-refractivity contribution >= 4 is 6.03 Å². The first-order valence-corrected chi connectivity index (χ1v) is 9.22. The average Bonchev–Trinajstić information content (AvgIpc) is 2.62. The molecule has 5 heteroatoms. The summed E-state index contributed by atoms with van der Waals surface area (Å²) in [6.07, 6.45) is 6.04. The maximum Gasteiger partial charge on any atom is 0.315 e. The van der Waals surface area contributed by atoms with Crippen molar-refractivity contribution in [3.63, 3.8) is 0 Å². The van der Waals surface area contributed by atoms with Crippen molar-refractivity contribution in [1.82, 2.24) is 15.5 Å². The number of rotatable bonds is 5. The molecule has 2 amide bonds. The summed E-state index contributed by atoms with van der Waals surface area (Å²) in [6.45, 7) is 4.04. The fourth-order valence-corrected chi connectivity index (χ4v) is 3.58. The minimum atomic E-state index is -0.0503. The number of nitrogens with zero attached hydrogens (tertiary/aromatic N) is 1. The Morgan fingerprint density at radius 3 is 2.75 bits per heavy atom. The summed E-state index contributed by atoms with van der Waals surface area (Å²) in [4.78, 5) is 14.4. The SMILES string of the molecule is O=C(NCC1CN(Cc2ccccc2)CCO1)NC1CCCCC1. The van der Waals surface area contributed by atoms with Crippen molar-refractivity contribution in [1.29, 1.82) is 0 Å².